The minimum absolute atomic E-state index is 0.0219. The van der Waals surface area contributed by atoms with Crippen molar-refractivity contribution in [1.29, 1.82) is 0 Å². The summed E-state index contributed by atoms with van der Waals surface area (Å²) in [5.41, 5.74) is 2.08. The molecular formula is C22H27ClN6O. The van der Waals surface area contributed by atoms with Gasteiger partial charge in [0.05, 0.1) is 12.6 Å². The van der Waals surface area contributed by atoms with E-state index in [0.29, 0.717) is 18.1 Å². The van der Waals surface area contributed by atoms with Crippen LogP contribution in [0.3, 0.4) is 0 Å². The Hall–Kier alpha value is -2.77. The van der Waals surface area contributed by atoms with Crippen molar-refractivity contribution >= 4 is 17.5 Å². The molecule has 30 heavy (non-hydrogen) atoms. The highest BCUT2D eigenvalue weighted by Gasteiger charge is 2.22. The number of tetrazole rings is 1. The summed E-state index contributed by atoms with van der Waals surface area (Å²) >= 11 is 6.14. The Morgan fingerprint density at radius 1 is 1.07 bits per heavy atom. The highest BCUT2D eigenvalue weighted by molar-refractivity contribution is 6.31. The maximum atomic E-state index is 12.3. The zero-order chi connectivity index (χ0) is 21.3. The Morgan fingerprint density at radius 3 is 2.53 bits per heavy atom. The molecule has 0 fully saturated rings. The molecule has 1 aromatic heterocycles. The van der Waals surface area contributed by atoms with Crippen molar-refractivity contribution in [3.63, 3.8) is 0 Å². The fourth-order valence-corrected chi connectivity index (χ4v) is 3.38. The molecule has 1 atom stereocenters. The van der Waals surface area contributed by atoms with Gasteiger partial charge < -0.3 is 10.6 Å². The van der Waals surface area contributed by atoms with Crippen LogP contribution < -0.4 is 10.6 Å². The molecule has 7 nitrogen and oxygen atoms in total. The number of rotatable bonds is 10. The average Bonchev–Trinajstić information content (AvgIpc) is 3.20. The molecule has 0 saturated heterocycles. The van der Waals surface area contributed by atoms with Gasteiger partial charge in [0, 0.05) is 24.5 Å². The van der Waals surface area contributed by atoms with E-state index in [9.17, 15) is 4.79 Å². The van der Waals surface area contributed by atoms with Gasteiger partial charge in [0.25, 0.3) is 0 Å². The van der Waals surface area contributed by atoms with Crippen LogP contribution in [0.2, 0.25) is 5.02 Å². The zero-order valence-corrected chi connectivity index (χ0v) is 18.0. The molecule has 0 radical (unpaired) electrons. The summed E-state index contributed by atoms with van der Waals surface area (Å²) < 4.78 is 1.71. The molecular weight excluding hydrogens is 400 g/mol. The van der Waals surface area contributed by atoms with E-state index in [0.717, 1.165) is 17.9 Å². The van der Waals surface area contributed by atoms with Crippen LogP contribution in [-0.2, 0) is 24.4 Å². The summed E-state index contributed by atoms with van der Waals surface area (Å²) in [5, 5.41) is 19.2. The Labute approximate surface area is 181 Å². The first-order valence-corrected chi connectivity index (χ1v) is 10.5. The summed E-state index contributed by atoms with van der Waals surface area (Å²) in [7, 11) is 0. The van der Waals surface area contributed by atoms with Crippen molar-refractivity contribution in [2.75, 3.05) is 0 Å². The lowest BCUT2D eigenvalue weighted by molar-refractivity contribution is -0.121. The van der Waals surface area contributed by atoms with Crippen LogP contribution in [0, 0.1) is 5.92 Å². The first-order chi connectivity index (χ1) is 14.5. The number of nitrogens with one attached hydrogen (secondary N) is 2. The Bertz CT molecular complexity index is 944. The SMILES string of the molecule is CC(C)[C@H](NCc1ccccc1)c1nnnn1CCC(=O)NCc1ccccc1Cl. The second-order valence-corrected chi connectivity index (χ2v) is 7.87. The Balaban J connectivity index is 1.56. The molecule has 2 aromatic carbocycles. The third kappa shape index (κ3) is 6.11. The summed E-state index contributed by atoms with van der Waals surface area (Å²) in [6, 6.07) is 17.6. The van der Waals surface area contributed by atoms with E-state index in [4.69, 9.17) is 11.6 Å². The minimum atomic E-state index is -0.0743. The first-order valence-electron chi connectivity index (χ1n) is 10.1. The van der Waals surface area contributed by atoms with Crippen molar-refractivity contribution in [3.8, 4) is 0 Å². The zero-order valence-electron chi connectivity index (χ0n) is 17.3. The molecule has 3 aromatic rings. The van der Waals surface area contributed by atoms with Crippen LogP contribution in [0.1, 0.15) is 43.3 Å². The normalized spacial score (nSPS) is 12.1. The predicted molar refractivity (Wildman–Crippen MR) is 117 cm³/mol. The van der Waals surface area contributed by atoms with E-state index in [-0.39, 0.29) is 24.3 Å². The molecule has 0 spiro atoms. The number of benzene rings is 2. The third-order valence-electron chi connectivity index (χ3n) is 4.86. The van der Waals surface area contributed by atoms with Gasteiger partial charge in [-0.3, -0.25) is 4.79 Å². The van der Waals surface area contributed by atoms with E-state index in [1.807, 2.05) is 42.5 Å². The van der Waals surface area contributed by atoms with Gasteiger partial charge in [0.15, 0.2) is 5.82 Å². The van der Waals surface area contributed by atoms with E-state index >= 15 is 0 Å². The largest absolute Gasteiger partial charge is 0.352 e. The lowest BCUT2D eigenvalue weighted by atomic mass is 10.0. The van der Waals surface area contributed by atoms with Crippen molar-refractivity contribution < 1.29 is 4.79 Å². The number of carbonyl (C=O) groups excluding carboxylic acids is 1. The number of halogens is 1. The molecule has 0 bridgehead atoms. The Kier molecular flexibility index (Phi) is 7.93. The average molecular weight is 427 g/mol. The summed E-state index contributed by atoms with van der Waals surface area (Å²) in [5.74, 6) is 0.946. The minimum Gasteiger partial charge on any atom is -0.352 e. The molecule has 3 rings (SSSR count). The molecule has 158 valence electrons. The van der Waals surface area contributed by atoms with Gasteiger partial charge in [0.1, 0.15) is 0 Å². The summed E-state index contributed by atoms with van der Waals surface area (Å²) in [4.78, 5) is 12.3. The van der Waals surface area contributed by atoms with E-state index in [1.54, 1.807) is 4.68 Å². The monoisotopic (exact) mass is 426 g/mol. The molecule has 0 aliphatic rings. The summed E-state index contributed by atoms with van der Waals surface area (Å²) in [6.45, 7) is 5.77. The number of amides is 1. The molecule has 8 heteroatoms. The lowest BCUT2D eigenvalue weighted by Crippen LogP contribution is -2.30. The highest BCUT2D eigenvalue weighted by Crippen LogP contribution is 2.20. The second kappa shape index (κ2) is 10.8. The van der Waals surface area contributed by atoms with Crippen LogP contribution in [0.5, 0.6) is 0 Å². The fraction of sp³-hybridized carbons (Fsp3) is 0.364. The molecule has 1 amide bonds. The number of hydrogen-bond acceptors (Lipinski definition) is 5. The van der Waals surface area contributed by atoms with Crippen molar-refractivity contribution in [2.24, 2.45) is 5.92 Å². The van der Waals surface area contributed by atoms with Gasteiger partial charge in [-0.15, -0.1) is 5.10 Å². The maximum absolute atomic E-state index is 12.3. The van der Waals surface area contributed by atoms with Crippen LogP contribution in [-0.4, -0.2) is 26.1 Å². The van der Waals surface area contributed by atoms with Crippen molar-refractivity contribution in [2.45, 2.75) is 45.9 Å². The van der Waals surface area contributed by atoms with E-state index in [2.05, 4.69) is 52.1 Å². The van der Waals surface area contributed by atoms with Gasteiger partial charge in [-0.2, -0.15) is 0 Å². The topological polar surface area (TPSA) is 84.7 Å². The quantitative estimate of drug-likeness (QED) is 0.518. The molecule has 0 aliphatic carbocycles. The summed E-state index contributed by atoms with van der Waals surface area (Å²) in [6.07, 6.45) is 0.284. The second-order valence-electron chi connectivity index (χ2n) is 7.47. The smallest absolute Gasteiger partial charge is 0.222 e. The molecule has 2 N–H and O–H groups in total. The van der Waals surface area contributed by atoms with Gasteiger partial charge in [-0.1, -0.05) is 74.0 Å². The molecule has 1 heterocycles. The fourth-order valence-electron chi connectivity index (χ4n) is 3.17. The van der Waals surface area contributed by atoms with Gasteiger partial charge in [0.2, 0.25) is 5.91 Å². The first kappa shape index (κ1) is 21.9. The van der Waals surface area contributed by atoms with E-state index < -0.39 is 0 Å². The van der Waals surface area contributed by atoms with Crippen LogP contribution in [0.25, 0.3) is 0 Å². The van der Waals surface area contributed by atoms with Crippen LogP contribution in [0.4, 0.5) is 0 Å². The predicted octanol–water partition coefficient (Wildman–Crippen LogP) is 3.52. The van der Waals surface area contributed by atoms with Crippen LogP contribution in [0.15, 0.2) is 54.6 Å². The molecule has 0 saturated carbocycles. The van der Waals surface area contributed by atoms with Gasteiger partial charge in [-0.05, 0) is 33.5 Å². The van der Waals surface area contributed by atoms with Crippen LogP contribution >= 0.6 is 11.6 Å². The lowest BCUT2D eigenvalue weighted by Gasteiger charge is -2.21. The van der Waals surface area contributed by atoms with Crippen molar-refractivity contribution in [1.82, 2.24) is 30.8 Å². The number of aromatic nitrogens is 4. The number of hydrogen-bond donors (Lipinski definition) is 2. The Morgan fingerprint density at radius 2 is 1.80 bits per heavy atom. The number of carbonyl (C=O) groups is 1. The standard InChI is InChI=1S/C22H27ClN6O/c1-16(2)21(25-14-17-8-4-3-5-9-17)22-26-27-28-29(22)13-12-20(30)24-15-18-10-6-7-11-19(18)23/h3-11,16,21,25H,12-15H2,1-2H3,(H,24,30)/t21-/m0/s1. The molecule has 0 unspecified atom stereocenters. The highest BCUT2D eigenvalue weighted by atomic mass is 35.5. The van der Waals surface area contributed by atoms with Crippen molar-refractivity contribution in [3.05, 3.63) is 76.6 Å². The maximum Gasteiger partial charge on any atom is 0.222 e. The third-order valence-corrected chi connectivity index (χ3v) is 5.23. The molecule has 0 aliphatic heterocycles. The van der Waals surface area contributed by atoms with E-state index in [1.165, 1.54) is 5.56 Å². The number of nitrogens with zero attached hydrogens (tertiary/aromatic N) is 4. The van der Waals surface area contributed by atoms with Gasteiger partial charge >= 0.3 is 0 Å². The van der Waals surface area contributed by atoms with Gasteiger partial charge in [-0.25, -0.2) is 4.68 Å². The number of aryl methyl sites for hydroxylation is 1.